The van der Waals surface area contributed by atoms with Gasteiger partial charge in [0.15, 0.2) is 0 Å². The predicted molar refractivity (Wildman–Crippen MR) is 292 cm³/mol. The molecule has 0 bridgehead atoms. The number of hydrogen-bond donors (Lipinski definition) is 4. The summed E-state index contributed by atoms with van der Waals surface area (Å²) in [6.07, 6.45) is 72.1. The van der Waals surface area contributed by atoms with Gasteiger partial charge in [-0.3, -0.25) is 4.79 Å². The summed E-state index contributed by atoms with van der Waals surface area (Å²) in [6.45, 7) is 4.30. The number of rotatable bonds is 56. The Balaban J connectivity index is 3.49. The Hall–Kier alpha value is -1.17. The lowest BCUT2D eigenvalue weighted by Gasteiger charge is -2.23. The van der Waals surface area contributed by atoms with Crippen LogP contribution in [-0.2, 0) is 4.79 Å². The maximum absolute atomic E-state index is 12.6. The first-order valence-corrected chi connectivity index (χ1v) is 30.1. The molecule has 0 aromatic heterocycles. The van der Waals surface area contributed by atoms with Crippen molar-refractivity contribution in [3.05, 3.63) is 24.3 Å². The Labute approximate surface area is 413 Å². The highest BCUT2D eigenvalue weighted by Gasteiger charge is 2.21. The minimum absolute atomic E-state index is 0.0396. The van der Waals surface area contributed by atoms with E-state index in [2.05, 4.69) is 43.5 Å². The third-order valence-corrected chi connectivity index (χ3v) is 14.3. The molecule has 0 aliphatic carbocycles. The summed E-state index contributed by atoms with van der Waals surface area (Å²) in [7, 11) is 0. The molecule has 0 spiro atoms. The Morgan fingerprint density at radius 2 is 0.652 bits per heavy atom. The summed E-state index contributed by atoms with van der Waals surface area (Å²) in [6, 6.07) is -0.658. The molecule has 0 aliphatic rings. The molecule has 0 aliphatic heterocycles. The second-order valence-corrected chi connectivity index (χ2v) is 21.0. The van der Waals surface area contributed by atoms with Gasteiger partial charge in [-0.05, 0) is 44.9 Å². The molecular weight excluding hydrogens is 811 g/mol. The molecule has 0 radical (unpaired) electrons. The molecule has 0 saturated heterocycles. The van der Waals surface area contributed by atoms with Crippen molar-refractivity contribution < 1.29 is 20.1 Å². The monoisotopic (exact) mass is 930 g/mol. The summed E-state index contributed by atoms with van der Waals surface area (Å²) >= 11 is 0. The average Bonchev–Trinajstić information content (AvgIpc) is 3.31. The van der Waals surface area contributed by atoms with Crippen molar-refractivity contribution in [3.8, 4) is 0 Å². The third kappa shape index (κ3) is 52.2. The number of carbonyl (C=O) groups is 1. The largest absolute Gasteiger partial charge is 0.394 e. The molecular formula is C61H119NO4. The molecule has 3 atom stereocenters. The second kappa shape index (κ2) is 56.4. The van der Waals surface area contributed by atoms with Crippen LogP contribution in [0.4, 0.5) is 0 Å². The first-order chi connectivity index (χ1) is 32.5. The van der Waals surface area contributed by atoms with E-state index in [1.54, 1.807) is 0 Å². The molecule has 0 heterocycles. The molecule has 0 saturated carbocycles. The van der Waals surface area contributed by atoms with Crippen LogP contribution in [0.3, 0.4) is 0 Å². The summed E-state index contributed by atoms with van der Waals surface area (Å²) < 4.78 is 0. The van der Waals surface area contributed by atoms with Crippen molar-refractivity contribution in [2.24, 2.45) is 0 Å². The summed E-state index contributed by atoms with van der Waals surface area (Å²) in [5, 5.41) is 33.7. The third-order valence-electron chi connectivity index (χ3n) is 14.3. The topological polar surface area (TPSA) is 89.8 Å². The number of hydrogen-bond acceptors (Lipinski definition) is 4. The summed E-state index contributed by atoms with van der Waals surface area (Å²) in [5.41, 5.74) is 0. The molecule has 1 amide bonds. The second-order valence-electron chi connectivity index (χ2n) is 21.0. The van der Waals surface area contributed by atoms with Crippen molar-refractivity contribution >= 4 is 5.91 Å². The van der Waals surface area contributed by atoms with Crippen LogP contribution in [0.1, 0.15) is 335 Å². The standard InChI is InChI=1S/C61H119NO4/c1-3-5-7-9-11-13-15-17-19-21-23-25-26-27-28-29-30-31-32-33-34-35-36-38-40-42-44-46-48-50-52-54-58(64)56-61(66)62-59(57-63)60(65)55-53-51-49-47-45-43-41-39-37-24-22-20-18-16-14-12-10-8-6-4-2/h23,25,27-28,58-60,63-65H,3-22,24,26,29-57H2,1-2H3,(H,62,66)/b25-23-,28-27-. The summed E-state index contributed by atoms with van der Waals surface area (Å²) in [5.74, 6) is -0.277. The fourth-order valence-electron chi connectivity index (χ4n) is 9.67. The fraction of sp³-hybridized carbons (Fsp3) is 0.918. The first kappa shape index (κ1) is 64.8. The number of allylic oxidation sites excluding steroid dienone is 4. The Bertz CT molecular complexity index is 982. The summed E-state index contributed by atoms with van der Waals surface area (Å²) in [4.78, 5) is 12.6. The molecule has 3 unspecified atom stereocenters. The Kier molecular flexibility index (Phi) is 55.4. The zero-order chi connectivity index (χ0) is 47.9. The molecule has 66 heavy (non-hydrogen) atoms. The van der Waals surface area contributed by atoms with Gasteiger partial charge in [0.25, 0.3) is 0 Å². The Morgan fingerprint density at radius 3 is 0.955 bits per heavy atom. The number of aliphatic hydroxyl groups excluding tert-OH is 3. The van der Waals surface area contributed by atoms with E-state index in [9.17, 15) is 20.1 Å². The highest BCUT2D eigenvalue weighted by Crippen LogP contribution is 2.18. The highest BCUT2D eigenvalue weighted by atomic mass is 16.3. The van der Waals surface area contributed by atoms with Crippen LogP contribution in [-0.4, -0.2) is 46.1 Å². The van der Waals surface area contributed by atoms with E-state index in [1.165, 1.54) is 270 Å². The van der Waals surface area contributed by atoms with Crippen LogP contribution in [0, 0.1) is 0 Å². The van der Waals surface area contributed by atoms with Crippen LogP contribution < -0.4 is 5.32 Å². The van der Waals surface area contributed by atoms with Crippen LogP contribution in [0.25, 0.3) is 0 Å². The van der Waals surface area contributed by atoms with Crippen molar-refractivity contribution in [2.45, 2.75) is 353 Å². The van der Waals surface area contributed by atoms with Gasteiger partial charge in [-0.25, -0.2) is 0 Å². The van der Waals surface area contributed by atoms with E-state index in [-0.39, 0.29) is 18.9 Å². The molecule has 5 nitrogen and oxygen atoms in total. The van der Waals surface area contributed by atoms with Crippen LogP contribution in [0.5, 0.6) is 0 Å². The SMILES string of the molecule is CCCCCCCCCCC/C=C\C/C=C\CCCCCCCCCCCCCCCCCC(O)CC(=O)NC(CO)C(O)CCCCCCCCCCCCCCCCCCCCCC. The van der Waals surface area contributed by atoms with Gasteiger partial charge in [0.1, 0.15) is 0 Å². The van der Waals surface area contributed by atoms with Crippen LogP contribution >= 0.6 is 0 Å². The highest BCUT2D eigenvalue weighted by molar-refractivity contribution is 5.76. The van der Waals surface area contributed by atoms with E-state index in [0.29, 0.717) is 12.8 Å². The van der Waals surface area contributed by atoms with Crippen molar-refractivity contribution in [1.82, 2.24) is 5.32 Å². The van der Waals surface area contributed by atoms with E-state index < -0.39 is 18.2 Å². The number of aliphatic hydroxyl groups is 3. The minimum atomic E-state index is -0.749. The van der Waals surface area contributed by atoms with Crippen molar-refractivity contribution in [1.29, 1.82) is 0 Å². The Morgan fingerprint density at radius 1 is 0.379 bits per heavy atom. The van der Waals surface area contributed by atoms with Crippen LogP contribution in [0.2, 0.25) is 0 Å². The van der Waals surface area contributed by atoms with Gasteiger partial charge in [-0.2, -0.15) is 0 Å². The van der Waals surface area contributed by atoms with Gasteiger partial charge in [-0.15, -0.1) is 0 Å². The van der Waals surface area contributed by atoms with Crippen molar-refractivity contribution in [3.63, 3.8) is 0 Å². The molecule has 5 heteroatoms. The smallest absolute Gasteiger partial charge is 0.222 e. The number of nitrogens with one attached hydrogen (secondary N) is 1. The molecule has 0 aromatic carbocycles. The lowest BCUT2D eigenvalue weighted by atomic mass is 10.0. The molecule has 392 valence electrons. The van der Waals surface area contributed by atoms with Gasteiger partial charge in [0.05, 0.1) is 31.3 Å². The van der Waals surface area contributed by atoms with Gasteiger partial charge < -0.3 is 20.6 Å². The number of carbonyl (C=O) groups excluding carboxylic acids is 1. The maximum atomic E-state index is 12.6. The average molecular weight is 931 g/mol. The lowest BCUT2D eigenvalue weighted by Crippen LogP contribution is -2.46. The van der Waals surface area contributed by atoms with E-state index in [4.69, 9.17) is 0 Å². The molecule has 0 rings (SSSR count). The molecule has 0 aromatic rings. The van der Waals surface area contributed by atoms with E-state index >= 15 is 0 Å². The van der Waals surface area contributed by atoms with Crippen LogP contribution in [0.15, 0.2) is 24.3 Å². The zero-order valence-corrected chi connectivity index (χ0v) is 44.9. The zero-order valence-electron chi connectivity index (χ0n) is 44.9. The maximum Gasteiger partial charge on any atom is 0.222 e. The van der Waals surface area contributed by atoms with Gasteiger partial charge in [-0.1, -0.05) is 308 Å². The minimum Gasteiger partial charge on any atom is -0.394 e. The number of amides is 1. The fourth-order valence-corrected chi connectivity index (χ4v) is 9.67. The van der Waals surface area contributed by atoms with Gasteiger partial charge in [0, 0.05) is 0 Å². The van der Waals surface area contributed by atoms with E-state index in [1.807, 2.05) is 0 Å². The molecule has 4 N–H and O–H groups in total. The van der Waals surface area contributed by atoms with Gasteiger partial charge >= 0.3 is 0 Å². The number of unbranched alkanes of at least 4 members (excludes halogenated alkanes) is 43. The van der Waals surface area contributed by atoms with Crippen molar-refractivity contribution in [2.75, 3.05) is 6.61 Å². The first-order valence-electron chi connectivity index (χ1n) is 30.1. The quantitative estimate of drug-likeness (QED) is 0.0361. The predicted octanol–water partition coefficient (Wildman–Crippen LogP) is 18.8. The lowest BCUT2D eigenvalue weighted by molar-refractivity contribution is -0.125. The van der Waals surface area contributed by atoms with Gasteiger partial charge in [0.2, 0.25) is 5.91 Å². The molecule has 0 fully saturated rings. The normalized spacial score (nSPS) is 13.3. The van der Waals surface area contributed by atoms with E-state index in [0.717, 1.165) is 32.1 Å².